The van der Waals surface area contributed by atoms with Crippen LogP contribution in [0.3, 0.4) is 0 Å². The quantitative estimate of drug-likeness (QED) is 0.883. The maximum atomic E-state index is 10.8. The van der Waals surface area contributed by atoms with Gasteiger partial charge in [0.2, 0.25) is 0 Å². The Hall–Kier alpha value is -1.37. The van der Waals surface area contributed by atoms with Crippen molar-refractivity contribution in [3.63, 3.8) is 0 Å². The number of aryl methyl sites for hydroxylation is 1. The molecule has 1 aromatic rings. The number of nitriles is 1. The fraction of sp³-hybridized carbons (Fsp3) is 0.562. The standard InChI is InChI=1S/C16H19NO2/c17-11-16(15(18)13-5-3-9-19-10-13)8-7-12-4-1-2-6-14(12)16/h1-2,4,6,13,15,18H,3,5,7-10H2. The Labute approximate surface area is 113 Å². The Morgan fingerprint density at radius 2 is 2.26 bits per heavy atom. The molecule has 3 rings (SSSR count). The molecule has 1 heterocycles. The van der Waals surface area contributed by atoms with Crippen molar-refractivity contribution in [1.82, 2.24) is 0 Å². The molecule has 1 aliphatic heterocycles. The summed E-state index contributed by atoms with van der Waals surface area (Å²) in [4.78, 5) is 0. The van der Waals surface area contributed by atoms with E-state index in [4.69, 9.17) is 4.74 Å². The summed E-state index contributed by atoms with van der Waals surface area (Å²) in [7, 11) is 0. The molecule has 19 heavy (non-hydrogen) atoms. The Bertz CT molecular complexity index is 502. The lowest BCUT2D eigenvalue weighted by Gasteiger charge is -2.36. The average molecular weight is 257 g/mol. The van der Waals surface area contributed by atoms with Crippen LogP contribution in [-0.4, -0.2) is 24.4 Å². The minimum Gasteiger partial charge on any atom is -0.391 e. The van der Waals surface area contributed by atoms with Crippen molar-refractivity contribution in [2.24, 2.45) is 5.92 Å². The van der Waals surface area contributed by atoms with Crippen molar-refractivity contribution in [3.8, 4) is 6.07 Å². The molecular formula is C16H19NO2. The number of aliphatic hydroxyl groups excluding tert-OH is 1. The first-order valence-electron chi connectivity index (χ1n) is 7.03. The van der Waals surface area contributed by atoms with Gasteiger partial charge >= 0.3 is 0 Å². The highest BCUT2D eigenvalue weighted by molar-refractivity contribution is 5.45. The first-order chi connectivity index (χ1) is 9.28. The molecule has 1 N–H and O–H groups in total. The van der Waals surface area contributed by atoms with E-state index in [-0.39, 0.29) is 5.92 Å². The van der Waals surface area contributed by atoms with E-state index in [2.05, 4.69) is 12.1 Å². The van der Waals surface area contributed by atoms with Crippen LogP contribution in [0.15, 0.2) is 24.3 Å². The third-order valence-electron chi connectivity index (χ3n) is 4.63. The Morgan fingerprint density at radius 1 is 1.42 bits per heavy atom. The highest BCUT2D eigenvalue weighted by Gasteiger charge is 2.48. The number of fused-ring (bicyclic) bond motifs is 1. The summed E-state index contributed by atoms with van der Waals surface area (Å²) in [6.45, 7) is 1.35. The molecule has 3 nitrogen and oxygen atoms in total. The van der Waals surface area contributed by atoms with Crippen LogP contribution in [0.5, 0.6) is 0 Å². The molecule has 0 aromatic heterocycles. The first-order valence-corrected chi connectivity index (χ1v) is 7.03. The van der Waals surface area contributed by atoms with Gasteiger partial charge in [-0.15, -0.1) is 0 Å². The summed E-state index contributed by atoms with van der Waals surface area (Å²) in [5, 5.41) is 20.5. The zero-order valence-corrected chi connectivity index (χ0v) is 11.0. The van der Waals surface area contributed by atoms with Crippen LogP contribution in [0.2, 0.25) is 0 Å². The molecule has 1 aromatic carbocycles. The van der Waals surface area contributed by atoms with Gasteiger partial charge in [-0.05, 0) is 36.8 Å². The summed E-state index contributed by atoms with van der Waals surface area (Å²) in [6.07, 6.45) is 2.91. The zero-order valence-electron chi connectivity index (χ0n) is 11.0. The van der Waals surface area contributed by atoms with Crippen LogP contribution in [0.25, 0.3) is 0 Å². The van der Waals surface area contributed by atoms with Gasteiger partial charge in [-0.1, -0.05) is 24.3 Å². The van der Waals surface area contributed by atoms with E-state index in [1.165, 1.54) is 5.56 Å². The minimum atomic E-state index is -0.734. The second-order valence-electron chi connectivity index (χ2n) is 5.66. The fourth-order valence-electron chi connectivity index (χ4n) is 3.55. The average Bonchev–Trinajstić information content (AvgIpc) is 2.87. The van der Waals surface area contributed by atoms with Crippen LogP contribution in [0, 0.1) is 17.2 Å². The fourth-order valence-corrected chi connectivity index (χ4v) is 3.55. The van der Waals surface area contributed by atoms with E-state index in [1.807, 2.05) is 18.2 Å². The van der Waals surface area contributed by atoms with E-state index in [0.717, 1.165) is 37.9 Å². The van der Waals surface area contributed by atoms with Crippen molar-refractivity contribution in [2.75, 3.05) is 13.2 Å². The molecule has 100 valence electrons. The Morgan fingerprint density at radius 3 is 3.00 bits per heavy atom. The second-order valence-corrected chi connectivity index (χ2v) is 5.66. The van der Waals surface area contributed by atoms with Crippen LogP contribution < -0.4 is 0 Å². The van der Waals surface area contributed by atoms with E-state index in [9.17, 15) is 10.4 Å². The van der Waals surface area contributed by atoms with Crippen molar-refractivity contribution in [3.05, 3.63) is 35.4 Å². The van der Waals surface area contributed by atoms with Crippen LogP contribution in [-0.2, 0) is 16.6 Å². The largest absolute Gasteiger partial charge is 0.391 e. The molecule has 0 radical (unpaired) electrons. The number of hydrogen-bond donors (Lipinski definition) is 1. The van der Waals surface area contributed by atoms with Crippen LogP contribution >= 0.6 is 0 Å². The molecule has 2 aliphatic rings. The topological polar surface area (TPSA) is 53.2 Å². The van der Waals surface area contributed by atoms with Gasteiger partial charge in [-0.3, -0.25) is 0 Å². The third-order valence-corrected chi connectivity index (χ3v) is 4.63. The summed E-state index contributed by atoms with van der Waals surface area (Å²) < 4.78 is 5.47. The monoisotopic (exact) mass is 257 g/mol. The van der Waals surface area contributed by atoms with Crippen molar-refractivity contribution in [2.45, 2.75) is 37.2 Å². The van der Waals surface area contributed by atoms with E-state index < -0.39 is 11.5 Å². The molecule has 1 fully saturated rings. The molecule has 0 bridgehead atoms. The number of benzene rings is 1. The van der Waals surface area contributed by atoms with Crippen LogP contribution in [0.4, 0.5) is 0 Å². The van der Waals surface area contributed by atoms with Gasteiger partial charge in [0.05, 0.1) is 18.8 Å². The van der Waals surface area contributed by atoms with Crippen molar-refractivity contribution < 1.29 is 9.84 Å². The molecular weight excluding hydrogens is 238 g/mol. The number of rotatable bonds is 2. The predicted octanol–water partition coefficient (Wildman–Crippen LogP) is 2.18. The maximum absolute atomic E-state index is 10.8. The summed E-state index contributed by atoms with van der Waals surface area (Å²) in [6, 6.07) is 10.5. The van der Waals surface area contributed by atoms with E-state index in [1.54, 1.807) is 0 Å². The molecule has 1 saturated heterocycles. The Kier molecular flexibility index (Phi) is 3.30. The van der Waals surface area contributed by atoms with Gasteiger partial charge < -0.3 is 9.84 Å². The summed E-state index contributed by atoms with van der Waals surface area (Å²) in [5.41, 5.74) is 1.50. The van der Waals surface area contributed by atoms with Gasteiger partial charge in [0.25, 0.3) is 0 Å². The van der Waals surface area contributed by atoms with E-state index >= 15 is 0 Å². The van der Waals surface area contributed by atoms with Crippen molar-refractivity contribution in [1.29, 1.82) is 5.26 Å². The molecule has 3 unspecified atom stereocenters. The van der Waals surface area contributed by atoms with Crippen molar-refractivity contribution >= 4 is 0 Å². The van der Waals surface area contributed by atoms with Gasteiger partial charge in [0.1, 0.15) is 5.41 Å². The lowest BCUT2D eigenvalue weighted by molar-refractivity contribution is -0.0321. The Balaban J connectivity index is 1.94. The lowest BCUT2D eigenvalue weighted by atomic mass is 9.72. The highest BCUT2D eigenvalue weighted by atomic mass is 16.5. The smallest absolute Gasteiger partial charge is 0.109 e. The molecule has 0 spiro atoms. The minimum absolute atomic E-state index is 0.0829. The van der Waals surface area contributed by atoms with Gasteiger partial charge in [0.15, 0.2) is 0 Å². The number of nitrogens with zero attached hydrogens (tertiary/aromatic N) is 1. The SMILES string of the molecule is N#CC1(C(O)C2CCCOC2)CCc2ccccc21. The molecule has 3 atom stereocenters. The molecule has 0 amide bonds. The summed E-state index contributed by atoms with van der Waals surface area (Å²) in [5.74, 6) is 0.0829. The van der Waals surface area contributed by atoms with Gasteiger partial charge in [-0.25, -0.2) is 0 Å². The summed E-state index contributed by atoms with van der Waals surface area (Å²) >= 11 is 0. The lowest BCUT2D eigenvalue weighted by Crippen LogP contribution is -2.44. The maximum Gasteiger partial charge on any atom is 0.109 e. The second kappa shape index (κ2) is 4.96. The van der Waals surface area contributed by atoms with Gasteiger partial charge in [0, 0.05) is 12.5 Å². The number of aliphatic hydroxyl groups is 1. The van der Waals surface area contributed by atoms with Gasteiger partial charge in [-0.2, -0.15) is 5.26 Å². The normalized spacial score (nSPS) is 31.5. The number of hydrogen-bond acceptors (Lipinski definition) is 3. The predicted molar refractivity (Wildman–Crippen MR) is 71.6 cm³/mol. The number of ether oxygens (including phenoxy) is 1. The zero-order chi connectivity index (χ0) is 13.3. The molecule has 3 heteroatoms. The highest BCUT2D eigenvalue weighted by Crippen LogP contribution is 2.44. The third kappa shape index (κ3) is 1.96. The van der Waals surface area contributed by atoms with Crippen LogP contribution in [0.1, 0.15) is 30.4 Å². The van der Waals surface area contributed by atoms with E-state index in [0.29, 0.717) is 6.61 Å². The molecule has 0 saturated carbocycles. The molecule has 1 aliphatic carbocycles. The first kappa shape index (κ1) is 12.7.